The van der Waals surface area contributed by atoms with Gasteiger partial charge in [-0.05, 0) is 137 Å². The fourth-order valence-electron chi connectivity index (χ4n) is 8.73. The molecule has 7 amide bonds. The Hall–Kier alpha value is -6.44. The number of nitrogens with one attached hydrogen (secondary N) is 6. The molecule has 0 radical (unpaired) electrons. The van der Waals surface area contributed by atoms with E-state index < -0.39 is 94.4 Å². The van der Waals surface area contributed by atoms with Crippen LogP contribution in [0.3, 0.4) is 0 Å². The standard InChI is InChI=1S/C54H82N8O12/c1-35(2)32-39(59-44(64)42(33-36-20-13-12-14-21-36)62-41-24-16-15-22-37(41)34-40(46(62)66)60-50(71)74-53(9,10)11)43(63)58-38(23-17-18-27-55-48(69)72-51(3,4)5)45(65)61-30-25-54(26-31-61,47(67)68)57-29-19-28-56-49(70)73-52(6,7)8/h12-16,20-22,24,35,38-40,42,57H,17-19,23,25-34H2,1-11H3,(H,55,69)(H,56,70)(H,58,63)(H,59,64)(H,60,71)(H,67,68)/t38-,39-,40-,42-/m1/s1. The number of carboxylic acid groups (broad SMARTS) is 1. The minimum absolute atomic E-state index is 0.0466. The molecule has 0 aromatic heterocycles. The van der Waals surface area contributed by atoms with Crippen molar-refractivity contribution in [3.8, 4) is 0 Å². The maximum atomic E-state index is 15.0. The number of anilines is 1. The molecule has 2 aliphatic rings. The number of likely N-dealkylation sites (tertiary alicyclic amines) is 1. The van der Waals surface area contributed by atoms with Crippen molar-refractivity contribution in [2.75, 3.05) is 37.6 Å². The Balaban J connectivity index is 1.58. The number of carbonyl (C=O) groups is 8. The first-order chi connectivity index (χ1) is 34.6. The summed E-state index contributed by atoms with van der Waals surface area (Å²) in [5.41, 5.74) is -1.64. The van der Waals surface area contributed by atoms with Gasteiger partial charge in [-0.15, -0.1) is 0 Å². The fraction of sp³-hybridized carbons (Fsp3) is 0.630. The molecule has 2 aromatic rings. The topological polar surface area (TPSA) is 263 Å². The molecule has 20 heteroatoms. The number of aliphatic carboxylic acids is 1. The van der Waals surface area contributed by atoms with Crippen LogP contribution >= 0.6 is 0 Å². The smallest absolute Gasteiger partial charge is 0.408 e. The minimum atomic E-state index is -1.35. The molecule has 7 N–H and O–H groups in total. The number of piperidine rings is 1. The average Bonchev–Trinajstić information content (AvgIpc) is 3.28. The molecule has 2 aliphatic heterocycles. The summed E-state index contributed by atoms with van der Waals surface area (Å²) in [5, 5.41) is 27.5. The van der Waals surface area contributed by atoms with Crippen LogP contribution in [0.2, 0.25) is 0 Å². The second kappa shape index (κ2) is 26.7. The third kappa shape index (κ3) is 19.4. The summed E-state index contributed by atoms with van der Waals surface area (Å²) in [6, 6.07) is 11.7. The molecule has 1 fully saturated rings. The van der Waals surface area contributed by atoms with Crippen LogP contribution in [0.25, 0.3) is 0 Å². The number of fused-ring (bicyclic) bond motifs is 1. The average molecular weight is 1040 g/mol. The van der Waals surface area contributed by atoms with E-state index in [-0.39, 0.29) is 77.2 Å². The number of amides is 7. The molecular formula is C54H82N8O12. The van der Waals surface area contributed by atoms with E-state index in [0.29, 0.717) is 30.5 Å². The van der Waals surface area contributed by atoms with E-state index in [0.717, 1.165) is 5.56 Å². The van der Waals surface area contributed by atoms with Crippen LogP contribution in [-0.4, -0.2) is 137 Å². The Morgan fingerprint density at radius 1 is 0.689 bits per heavy atom. The first-order valence-electron chi connectivity index (χ1n) is 25.8. The number of carbonyl (C=O) groups excluding carboxylic acids is 7. The van der Waals surface area contributed by atoms with Gasteiger partial charge in [0, 0.05) is 44.7 Å². The molecule has 0 aliphatic carbocycles. The van der Waals surface area contributed by atoms with Gasteiger partial charge < -0.3 is 56.1 Å². The molecule has 4 atom stereocenters. The predicted octanol–water partition coefficient (Wildman–Crippen LogP) is 5.74. The van der Waals surface area contributed by atoms with Gasteiger partial charge in [0.05, 0.1) is 0 Å². The fourth-order valence-corrected chi connectivity index (χ4v) is 8.73. The van der Waals surface area contributed by atoms with Gasteiger partial charge in [0.2, 0.25) is 17.7 Å². The molecule has 4 rings (SSSR count). The number of rotatable bonds is 22. The lowest BCUT2D eigenvalue weighted by Gasteiger charge is -2.41. The molecule has 0 spiro atoms. The van der Waals surface area contributed by atoms with Gasteiger partial charge in [-0.3, -0.25) is 28.9 Å². The van der Waals surface area contributed by atoms with Crippen LogP contribution in [-0.2, 0) is 51.0 Å². The van der Waals surface area contributed by atoms with Crippen molar-refractivity contribution in [3.05, 3.63) is 65.7 Å². The Labute approximate surface area is 436 Å². The van der Waals surface area contributed by atoms with Crippen molar-refractivity contribution >= 4 is 53.6 Å². The molecule has 410 valence electrons. The second-order valence-corrected chi connectivity index (χ2v) is 22.5. The Bertz CT molecular complexity index is 2250. The normalized spacial score (nSPS) is 16.9. The van der Waals surface area contributed by atoms with Crippen LogP contribution in [0, 0.1) is 5.92 Å². The van der Waals surface area contributed by atoms with E-state index >= 15 is 0 Å². The van der Waals surface area contributed by atoms with Crippen LogP contribution in [0.1, 0.15) is 132 Å². The number of hydrogen-bond donors (Lipinski definition) is 7. The molecule has 74 heavy (non-hydrogen) atoms. The summed E-state index contributed by atoms with van der Waals surface area (Å²) >= 11 is 0. The SMILES string of the molecule is CC(C)C[C@@H](NC(=O)[C@@H](Cc1ccccc1)N1C(=O)[C@H](NC(=O)OC(C)(C)C)Cc2ccccc21)C(=O)N[C@H](CCCCNC(=O)OC(C)(C)C)C(=O)N1CCC(NCCCNC(=O)OC(C)(C)C)(C(=O)O)CC1. The summed E-state index contributed by atoms with van der Waals surface area (Å²) < 4.78 is 16.1. The highest BCUT2D eigenvalue weighted by Crippen LogP contribution is 2.32. The molecule has 2 heterocycles. The number of benzene rings is 2. The zero-order chi connectivity index (χ0) is 55.0. The Kier molecular flexibility index (Phi) is 21.7. The van der Waals surface area contributed by atoms with Crippen molar-refractivity contribution in [2.45, 2.75) is 180 Å². The lowest BCUT2D eigenvalue weighted by atomic mass is 9.87. The van der Waals surface area contributed by atoms with E-state index in [1.807, 2.05) is 56.3 Å². The quantitative estimate of drug-likeness (QED) is 0.0549. The zero-order valence-electron chi connectivity index (χ0n) is 45.3. The maximum Gasteiger partial charge on any atom is 0.408 e. The molecule has 1 saturated heterocycles. The van der Waals surface area contributed by atoms with E-state index in [4.69, 9.17) is 14.2 Å². The predicted molar refractivity (Wildman–Crippen MR) is 279 cm³/mol. The number of nitrogens with zero attached hydrogens (tertiary/aromatic N) is 2. The van der Waals surface area contributed by atoms with Gasteiger partial charge in [-0.25, -0.2) is 14.4 Å². The Morgan fingerprint density at radius 3 is 1.80 bits per heavy atom. The van der Waals surface area contributed by atoms with Gasteiger partial charge in [-0.1, -0.05) is 62.4 Å². The van der Waals surface area contributed by atoms with Crippen LogP contribution < -0.4 is 36.8 Å². The number of hydrogen-bond acceptors (Lipinski definition) is 12. The van der Waals surface area contributed by atoms with Crippen LogP contribution in [0.4, 0.5) is 20.1 Å². The number of ether oxygens (including phenoxy) is 3. The lowest BCUT2D eigenvalue weighted by molar-refractivity contribution is -0.150. The largest absolute Gasteiger partial charge is 0.480 e. The van der Waals surface area contributed by atoms with E-state index in [2.05, 4.69) is 31.9 Å². The first kappa shape index (κ1) is 60.1. The summed E-state index contributed by atoms with van der Waals surface area (Å²) in [4.78, 5) is 112. The van der Waals surface area contributed by atoms with Crippen molar-refractivity contribution in [1.29, 1.82) is 0 Å². The highest BCUT2D eigenvalue weighted by atomic mass is 16.6. The summed E-state index contributed by atoms with van der Waals surface area (Å²) in [7, 11) is 0. The van der Waals surface area contributed by atoms with Gasteiger partial charge in [0.15, 0.2) is 0 Å². The van der Waals surface area contributed by atoms with Crippen molar-refractivity contribution < 1.29 is 57.7 Å². The summed E-state index contributed by atoms with van der Waals surface area (Å²) in [6.07, 6.45) is -0.101. The maximum absolute atomic E-state index is 15.0. The van der Waals surface area contributed by atoms with Crippen molar-refractivity contribution in [3.63, 3.8) is 0 Å². The number of carboxylic acids is 1. The van der Waals surface area contributed by atoms with E-state index in [1.165, 1.54) is 9.80 Å². The molecule has 0 saturated carbocycles. The molecule has 20 nitrogen and oxygen atoms in total. The third-order valence-electron chi connectivity index (χ3n) is 12.2. The van der Waals surface area contributed by atoms with Gasteiger partial charge >= 0.3 is 24.2 Å². The number of alkyl carbamates (subject to hydrolysis) is 3. The van der Waals surface area contributed by atoms with E-state index in [9.17, 15) is 43.5 Å². The summed E-state index contributed by atoms with van der Waals surface area (Å²) in [5.74, 6) is -3.45. The molecule has 0 bridgehead atoms. The highest BCUT2D eigenvalue weighted by Gasteiger charge is 2.44. The van der Waals surface area contributed by atoms with Gasteiger partial charge in [0.1, 0.15) is 46.5 Å². The van der Waals surface area contributed by atoms with Crippen LogP contribution in [0.5, 0.6) is 0 Å². The molecule has 2 aromatic carbocycles. The third-order valence-corrected chi connectivity index (χ3v) is 12.2. The monoisotopic (exact) mass is 1030 g/mol. The van der Waals surface area contributed by atoms with Crippen molar-refractivity contribution in [1.82, 2.24) is 36.8 Å². The van der Waals surface area contributed by atoms with Crippen molar-refractivity contribution in [2.24, 2.45) is 5.92 Å². The summed E-state index contributed by atoms with van der Waals surface area (Å²) in [6.45, 7) is 20.3. The second-order valence-electron chi connectivity index (χ2n) is 22.5. The molecule has 0 unspecified atom stereocenters. The van der Waals surface area contributed by atoms with Crippen LogP contribution in [0.15, 0.2) is 54.6 Å². The van der Waals surface area contributed by atoms with E-state index in [1.54, 1.807) is 74.4 Å². The number of para-hydroxylation sites is 1. The number of unbranched alkanes of at least 4 members (excludes halogenated alkanes) is 1. The van der Waals surface area contributed by atoms with Gasteiger partial charge in [-0.2, -0.15) is 0 Å². The molecular weight excluding hydrogens is 953 g/mol. The zero-order valence-corrected chi connectivity index (χ0v) is 45.3. The Morgan fingerprint density at radius 2 is 1.23 bits per heavy atom. The minimum Gasteiger partial charge on any atom is -0.480 e. The lowest BCUT2D eigenvalue weighted by Crippen LogP contribution is -2.63. The highest BCUT2D eigenvalue weighted by molar-refractivity contribution is 6.07. The van der Waals surface area contributed by atoms with Gasteiger partial charge in [0.25, 0.3) is 5.91 Å². The first-order valence-corrected chi connectivity index (χ1v) is 25.8.